The van der Waals surface area contributed by atoms with Crippen LogP contribution in [0.5, 0.6) is 23.1 Å². The number of aromatic hydroxyl groups is 1. The standard InChI is InChI=1S/C22H29N5O6S/c1-6-33-22(29)26-9-7-25(8-10-26)17(19-20(28)27-21(34-19)23-13(2)24-27)14-11-15(30-3)18(32-5)16(12-14)31-4/h11-12,17,28H,6-10H2,1-5H3. The Hall–Kier alpha value is -3.25. The molecule has 2 aromatic heterocycles. The van der Waals surface area contributed by atoms with Gasteiger partial charge in [-0.2, -0.15) is 4.52 Å². The van der Waals surface area contributed by atoms with Crippen molar-refractivity contribution in [2.24, 2.45) is 0 Å². The summed E-state index contributed by atoms with van der Waals surface area (Å²) in [6.07, 6.45) is -0.316. The van der Waals surface area contributed by atoms with Crippen LogP contribution in [0.2, 0.25) is 0 Å². The topological polar surface area (TPSA) is 111 Å². The molecule has 1 aromatic carbocycles. The number of benzene rings is 1. The van der Waals surface area contributed by atoms with Crippen molar-refractivity contribution in [3.05, 3.63) is 28.4 Å². The molecule has 1 amide bonds. The van der Waals surface area contributed by atoms with Gasteiger partial charge in [0.25, 0.3) is 0 Å². The maximum Gasteiger partial charge on any atom is 0.409 e. The van der Waals surface area contributed by atoms with Crippen LogP contribution in [0, 0.1) is 6.92 Å². The number of rotatable bonds is 7. The molecule has 1 saturated heterocycles. The van der Waals surface area contributed by atoms with Crippen LogP contribution in [0.4, 0.5) is 4.79 Å². The van der Waals surface area contributed by atoms with E-state index in [9.17, 15) is 9.90 Å². The number of methoxy groups -OCH3 is 3. The van der Waals surface area contributed by atoms with E-state index in [1.165, 1.54) is 15.9 Å². The van der Waals surface area contributed by atoms with Crippen LogP contribution >= 0.6 is 11.3 Å². The zero-order chi connectivity index (χ0) is 24.4. The summed E-state index contributed by atoms with van der Waals surface area (Å²) in [5, 5.41) is 15.4. The minimum atomic E-state index is -0.355. The molecule has 1 fully saturated rings. The lowest BCUT2D eigenvalue weighted by atomic mass is 10.0. The highest BCUT2D eigenvalue weighted by Crippen LogP contribution is 2.45. The first-order chi connectivity index (χ1) is 16.4. The van der Waals surface area contributed by atoms with Gasteiger partial charge in [0.15, 0.2) is 11.5 Å². The quantitative estimate of drug-likeness (QED) is 0.533. The van der Waals surface area contributed by atoms with E-state index in [1.807, 2.05) is 12.1 Å². The Bertz CT molecular complexity index is 1150. The fourth-order valence-electron chi connectivity index (χ4n) is 4.19. The first-order valence-electron chi connectivity index (χ1n) is 10.9. The first kappa shape index (κ1) is 23.9. The molecule has 3 aromatic rings. The molecular formula is C22H29N5O6S. The normalized spacial score (nSPS) is 15.4. The third kappa shape index (κ3) is 4.30. The summed E-state index contributed by atoms with van der Waals surface area (Å²) < 4.78 is 23.2. The molecule has 11 nitrogen and oxygen atoms in total. The molecule has 0 radical (unpaired) electrons. The van der Waals surface area contributed by atoms with Gasteiger partial charge in [0.1, 0.15) is 5.82 Å². The number of carbonyl (C=O) groups is 1. The average molecular weight is 492 g/mol. The Labute approximate surface area is 201 Å². The SMILES string of the molecule is CCOC(=O)N1CCN(C(c2cc(OC)c(OC)c(OC)c2)c2sc3nc(C)nn3c2O)CC1. The summed E-state index contributed by atoms with van der Waals surface area (Å²) >= 11 is 1.37. The van der Waals surface area contributed by atoms with Crippen LogP contribution in [0.3, 0.4) is 0 Å². The summed E-state index contributed by atoms with van der Waals surface area (Å²) in [4.78, 5) is 21.8. The predicted octanol–water partition coefficient (Wildman–Crippen LogP) is 2.69. The van der Waals surface area contributed by atoms with Gasteiger partial charge in [0.2, 0.25) is 16.6 Å². The van der Waals surface area contributed by atoms with Crippen molar-refractivity contribution >= 4 is 22.4 Å². The van der Waals surface area contributed by atoms with E-state index < -0.39 is 0 Å². The number of hydrogen-bond donors (Lipinski definition) is 1. The Morgan fingerprint density at radius 2 is 1.76 bits per heavy atom. The maximum atomic E-state index is 12.2. The molecule has 0 saturated carbocycles. The fraction of sp³-hybridized carbons (Fsp3) is 0.500. The number of aromatic nitrogens is 3. The molecule has 1 atom stereocenters. The van der Waals surface area contributed by atoms with Gasteiger partial charge in [0, 0.05) is 26.2 Å². The van der Waals surface area contributed by atoms with E-state index in [0.29, 0.717) is 65.7 Å². The highest BCUT2D eigenvalue weighted by molar-refractivity contribution is 7.17. The molecule has 0 bridgehead atoms. The Morgan fingerprint density at radius 3 is 2.29 bits per heavy atom. The van der Waals surface area contributed by atoms with Gasteiger partial charge in [-0.3, -0.25) is 4.90 Å². The number of nitrogens with zero attached hydrogens (tertiary/aromatic N) is 5. The highest BCUT2D eigenvalue weighted by Gasteiger charge is 2.34. The Balaban J connectivity index is 1.77. The Kier molecular flexibility index (Phi) is 6.98. The summed E-state index contributed by atoms with van der Waals surface area (Å²) in [7, 11) is 4.69. The monoisotopic (exact) mass is 491 g/mol. The van der Waals surface area contributed by atoms with Gasteiger partial charge < -0.3 is 29.0 Å². The molecule has 184 valence electrons. The Morgan fingerprint density at radius 1 is 1.12 bits per heavy atom. The number of hydrogen-bond acceptors (Lipinski definition) is 10. The number of ether oxygens (including phenoxy) is 4. The molecule has 1 N–H and O–H groups in total. The van der Waals surface area contributed by atoms with E-state index >= 15 is 0 Å². The van der Waals surface area contributed by atoms with Crippen LogP contribution in [-0.4, -0.2) is 89.7 Å². The zero-order valence-corrected chi connectivity index (χ0v) is 20.7. The summed E-state index contributed by atoms with van der Waals surface area (Å²) in [5.41, 5.74) is 0.843. The van der Waals surface area contributed by atoms with Crippen LogP contribution in [0.15, 0.2) is 12.1 Å². The number of carbonyl (C=O) groups excluding carboxylic acids is 1. The van der Waals surface area contributed by atoms with E-state index in [4.69, 9.17) is 18.9 Å². The second kappa shape index (κ2) is 9.94. The number of thiazole rings is 1. The lowest BCUT2D eigenvalue weighted by Gasteiger charge is -2.38. The fourth-order valence-corrected chi connectivity index (χ4v) is 5.35. The zero-order valence-electron chi connectivity index (χ0n) is 19.9. The third-order valence-corrected chi connectivity index (χ3v) is 6.83. The summed E-state index contributed by atoms with van der Waals surface area (Å²) in [6.45, 7) is 6.06. The van der Waals surface area contributed by atoms with Crippen molar-refractivity contribution in [2.45, 2.75) is 19.9 Å². The van der Waals surface area contributed by atoms with Crippen LogP contribution in [0.25, 0.3) is 4.96 Å². The lowest BCUT2D eigenvalue weighted by molar-refractivity contribution is 0.0715. The number of piperazine rings is 1. The maximum absolute atomic E-state index is 12.2. The van der Waals surface area contributed by atoms with Gasteiger partial charge in [-0.1, -0.05) is 11.3 Å². The van der Waals surface area contributed by atoms with Gasteiger partial charge >= 0.3 is 6.09 Å². The second-order valence-corrected chi connectivity index (χ2v) is 8.74. The molecule has 1 aliphatic rings. The average Bonchev–Trinajstić information content (AvgIpc) is 3.35. The molecule has 1 aliphatic heterocycles. The summed E-state index contributed by atoms with van der Waals surface area (Å²) in [6, 6.07) is 3.40. The van der Waals surface area contributed by atoms with E-state index in [0.717, 1.165) is 5.56 Å². The van der Waals surface area contributed by atoms with Gasteiger partial charge in [0.05, 0.1) is 38.9 Å². The van der Waals surface area contributed by atoms with Crippen LogP contribution in [0.1, 0.15) is 29.2 Å². The molecule has 12 heteroatoms. The molecule has 0 aliphatic carbocycles. The van der Waals surface area contributed by atoms with Gasteiger partial charge in [-0.15, -0.1) is 5.10 Å². The van der Waals surface area contributed by atoms with E-state index in [1.54, 1.807) is 40.1 Å². The van der Waals surface area contributed by atoms with Crippen molar-refractivity contribution in [1.29, 1.82) is 0 Å². The molecular weight excluding hydrogens is 462 g/mol. The second-order valence-electron chi connectivity index (χ2n) is 7.73. The minimum Gasteiger partial charge on any atom is -0.493 e. The van der Waals surface area contributed by atoms with E-state index in [2.05, 4.69) is 15.0 Å². The van der Waals surface area contributed by atoms with Crippen molar-refractivity contribution in [1.82, 2.24) is 24.4 Å². The van der Waals surface area contributed by atoms with Crippen molar-refractivity contribution in [3.63, 3.8) is 0 Å². The number of fused-ring (bicyclic) bond motifs is 1. The number of aryl methyl sites for hydroxylation is 1. The minimum absolute atomic E-state index is 0.0344. The molecule has 1 unspecified atom stereocenters. The molecule has 4 rings (SSSR count). The molecule has 3 heterocycles. The summed E-state index contributed by atoms with van der Waals surface area (Å²) in [5.74, 6) is 2.14. The van der Waals surface area contributed by atoms with Crippen molar-refractivity contribution < 1.29 is 28.8 Å². The van der Waals surface area contributed by atoms with Crippen LogP contribution in [-0.2, 0) is 4.74 Å². The first-order valence-corrected chi connectivity index (χ1v) is 11.7. The highest BCUT2D eigenvalue weighted by atomic mass is 32.1. The lowest BCUT2D eigenvalue weighted by Crippen LogP contribution is -2.49. The molecule has 34 heavy (non-hydrogen) atoms. The van der Waals surface area contributed by atoms with Crippen molar-refractivity contribution in [3.8, 4) is 23.1 Å². The van der Waals surface area contributed by atoms with Gasteiger partial charge in [-0.25, -0.2) is 9.78 Å². The largest absolute Gasteiger partial charge is 0.493 e. The van der Waals surface area contributed by atoms with Crippen molar-refractivity contribution in [2.75, 3.05) is 54.1 Å². The smallest absolute Gasteiger partial charge is 0.409 e. The van der Waals surface area contributed by atoms with Crippen LogP contribution < -0.4 is 14.2 Å². The predicted molar refractivity (Wildman–Crippen MR) is 125 cm³/mol. The van der Waals surface area contributed by atoms with E-state index in [-0.39, 0.29) is 18.0 Å². The third-order valence-electron chi connectivity index (χ3n) is 5.76. The molecule has 0 spiro atoms. The number of amides is 1. The van der Waals surface area contributed by atoms with Gasteiger partial charge in [-0.05, 0) is 31.5 Å².